The van der Waals surface area contributed by atoms with E-state index in [1.807, 2.05) is 0 Å². The quantitative estimate of drug-likeness (QED) is 0.305. The number of nitrogen functional groups attached to an aromatic ring is 1. The van der Waals surface area contributed by atoms with E-state index in [1.165, 1.54) is 61.6 Å². The highest BCUT2D eigenvalue weighted by molar-refractivity contribution is 5.85. The predicted molar refractivity (Wildman–Crippen MR) is 145 cm³/mol. The lowest BCUT2D eigenvalue weighted by Crippen LogP contribution is -2.24. The minimum absolute atomic E-state index is 0.115. The summed E-state index contributed by atoms with van der Waals surface area (Å²) in [6, 6.07) is 4.49. The molecule has 1 fully saturated rings. The van der Waals surface area contributed by atoms with Gasteiger partial charge in [-0.05, 0) is 23.6 Å². The van der Waals surface area contributed by atoms with Crippen LogP contribution in [0.4, 0.5) is 23.2 Å². The van der Waals surface area contributed by atoms with Crippen LogP contribution in [0.15, 0.2) is 52.6 Å². The number of H-pyrrole nitrogens is 1. The second kappa shape index (κ2) is 14.3. The number of ether oxygens (including phenoxy) is 1. The number of halogens is 4. The summed E-state index contributed by atoms with van der Waals surface area (Å²) in [6.07, 6.45) is 9.45. The number of aliphatic hydroxyl groups is 1. The number of nitrogens with zero attached hydrogens (tertiary/aromatic N) is 4. The standard InChI is InChI=1S/C16H14FN3O3.C6H12.C5H4F3N3O/c1-20-3-2-10-6-13(14(17)7-12(10)16(20)22)15-18-8-11(9-19-15)23-5-4-21;1-2-4-6-5-3-1;6-5(7,8)3-2(9)1-10-11-4(3)12/h2-3,6-9,21H,4-5H2,1H3;1-6H2;1H,(H3,9,11,12). The average molecular weight is 579 g/mol. The number of pyridine rings is 1. The van der Waals surface area contributed by atoms with Gasteiger partial charge in [-0.3, -0.25) is 9.59 Å². The van der Waals surface area contributed by atoms with E-state index in [4.69, 9.17) is 15.6 Å². The Labute approximate surface area is 231 Å². The van der Waals surface area contributed by atoms with Crippen molar-refractivity contribution in [2.75, 3.05) is 18.9 Å². The van der Waals surface area contributed by atoms with Crippen LogP contribution >= 0.6 is 0 Å². The molecule has 3 aromatic heterocycles. The van der Waals surface area contributed by atoms with Crippen LogP contribution in [0.1, 0.15) is 44.1 Å². The summed E-state index contributed by atoms with van der Waals surface area (Å²) >= 11 is 0. The van der Waals surface area contributed by atoms with E-state index in [0.29, 0.717) is 16.5 Å². The lowest BCUT2D eigenvalue weighted by molar-refractivity contribution is -0.138. The van der Waals surface area contributed by atoms with Gasteiger partial charge in [-0.2, -0.15) is 18.3 Å². The number of aliphatic hydroxyl groups excluding tert-OH is 1. The topological polar surface area (TPSA) is 149 Å². The summed E-state index contributed by atoms with van der Waals surface area (Å²) in [7, 11) is 1.61. The van der Waals surface area contributed by atoms with Crippen molar-refractivity contribution in [3.63, 3.8) is 0 Å². The third-order valence-corrected chi connectivity index (χ3v) is 6.07. The Morgan fingerprint density at radius 2 is 1.66 bits per heavy atom. The molecule has 1 aliphatic rings. The summed E-state index contributed by atoms with van der Waals surface area (Å²) < 4.78 is 56.8. The van der Waals surface area contributed by atoms with E-state index in [2.05, 4.69) is 15.1 Å². The normalized spacial score (nSPS) is 13.0. The van der Waals surface area contributed by atoms with Crippen molar-refractivity contribution in [2.45, 2.75) is 44.7 Å². The molecule has 4 aromatic rings. The first-order valence-electron chi connectivity index (χ1n) is 12.8. The SMILES string of the molecule is C1CCCCC1.Cn1ccc2cc(-c3ncc(OCCO)cn3)c(F)cc2c1=O.Nc1cn[nH]c(=O)c1C(F)(F)F. The van der Waals surface area contributed by atoms with Gasteiger partial charge in [-0.15, -0.1) is 0 Å². The Kier molecular flexibility index (Phi) is 10.9. The van der Waals surface area contributed by atoms with Crippen molar-refractivity contribution in [2.24, 2.45) is 7.05 Å². The molecule has 1 aliphatic carbocycles. The van der Waals surface area contributed by atoms with Crippen molar-refractivity contribution in [3.8, 4) is 17.1 Å². The van der Waals surface area contributed by atoms with Crippen LogP contribution in [0.5, 0.6) is 5.75 Å². The average Bonchev–Trinajstić information content (AvgIpc) is 2.95. The summed E-state index contributed by atoms with van der Waals surface area (Å²) in [5, 5.41) is 14.4. The molecule has 4 N–H and O–H groups in total. The molecule has 10 nitrogen and oxygen atoms in total. The summed E-state index contributed by atoms with van der Waals surface area (Å²) in [5.41, 5.74) is 1.44. The van der Waals surface area contributed by atoms with Gasteiger partial charge < -0.3 is 20.1 Å². The molecule has 0 unspecified atom stereocenters. The zero-order chi connectivity index (χ0) is 30.0. The van der Waals surface area contributed by atoms with E-state index in [9.17, 15) is 27.2 Å². The molecule has 1 aromatic carbocycles. The van der Waals surface area contributed by atoms with Gasteiger partial charge in [-0.1, -0.05) is 38.5 Å². The maximum Gasteiger partial charge on any atom is 0.423 e. The molecule has 41 heavy (non-hydrogen) atoms. The number of hydrogen-bond donors (Lipinski definition) is 3. The number of aromatic nitrogens is 5. The molecule has 3 heterocycles. The minimum atomic E-state index is -4.74. The fraction of sp³-hybridized carbons (Fsp3) is 0.370. The summed E-state index contributed by atoms with van der Waals surface area (Å²) in [4.78, 5) is 30.7. The predicted octanol–water partition coefficient (Wildman–Crippen LogP) is 4.22. The molecular weight excluding hydrogens is 548 g/mol. The van der Waals surface area contributed by atoms with Crippen LogP contribution in [0.25, 0.3) is 22.2 Å². The number of nitrogens with one attached hydrogen (secondary N) is 1. The molecule has 5 rings (SSSR count). The second-order valence-electron chi connectivity index (χ2n) is 9.11. The van der Waals surface area contributed by atoms with Crippen LogP contribution in [-0.2, 0) is 13.2 Å². The molecule has 0 amide bonds. The van der Waals surface area contributed by atoms with Crippen LogP contribution in [-0.4, -0.2) is 43.1 Å². The molecule has 14 heteroatoms. The van der Waals surface area contributed by atoms with Crippen molar-refractivity contribution < 1.29 is 27.4 Å². The van der Waals surface area contributed by atoms with Crippen LogP contribution in [0, 0.1) is 5.82 Å². The number of rotatable bonds is 4. The number of aromatic amines is 1. The highest BCUT2D eigenvalue weighted by atomic mass is 19.4. The molecular formula is C27H30F4N6O4. The van der Waals surface area contributed by atoms with Gasteiger partial charge in [0.2, 0.25) is 0 Å². The number of nitrogens with two attached hydrogens (primary N) is 1. The van der Waals surface area contributed by atoms with Gasteiger partial charge in [0.1, 0.15) is 18.0 Å². The maximum atomic E-state index is 14.3. The van der Waals surface area contributed by atoms with Crippen molar-refractivity contribution in [1.82, 2.24) is 24.7 Å². The van der Waals surface area contributed by atoms with E-state index in [1.54, 1.807) is 30.5 Å². The van der Waals surface area contributed by atoms with E-state index in [0.717, 1.165) is 6.20 Å². The first kappa shape index (κ1) is 31.2. The van der Waals surface area contributed by atoms with E-state index >= 15 is 0 Å². The van der Waals surface area contributed by atoms with Crippen LogP contribution < -0.4 is 21.6 Å². The van der Waals surface area contributed by atoms with Crippen molar-refractivity contribution in [1.29, 1.82) is 0 Å². The first-order chi connectivity index (χ1) is 19.5. The van der Waals surface area contributed by atoms with Gasteiger partial charge in [0.05, 0.1) is 41.8 Å². The third kappa shape index (κ3) is 8.58. The van der Waals surface area contributed by atoms with Crippen LogP contribution in [0.3, 0.4) is 0 Å². The summed E-state index contributed by atoms with van der Waals surface area (Å²) in [6.45, 7) is 0.0202. The third-order valence-electron chi connectivity index (χ3n) is 6.07. The van der Waals surface area contributed by atoms with Crippen molar-refractivity contribution in [3.05, 3.63) is 75.1 Å². The van der Waals surface area contributed by atoms with Gasteiger partial charge >= 0.3 is 6.18 Å². The fourth-order valence-corrected chi connectivity index (χ4v) is 3.99. The molecule has 0 saturated heterocycles. The van der Waals surface area contributed by atoms with Crippen molar-refractivity contribution >= 4 is 16.5 Å². The van der Waals surface area contributed by atoms with Gasteiger partial charge in [0, 0.05) is 13.2 Å². The molecule has 220 valence electrons. The minimum Gasteiger partial charge on any atom is -0.488 e. The van der Waals surface area contributed by atoms with Crippen LogP contribution in [0.2, 0.25) is 0 Å². The Morgan fingerprint density at radius 1 is 1.05 bits per heavy atom. The highest BCUT2D eigenvalue weighted by Crippen LogP contribution is 2.29. The zero-order valence-corrected chi connectivity index (χ0v) is 22.2. The van der Waals surface area contributed by atoms with Gasteiger partial charge in [-0.25, -0.2) is 19.5 Å². The number of hydrogen-bond acceptors (Lipinski definition) is 8. The Balaban J connectivity index is 0.000000212. The monoisotopic (exact) mass is 578 g/mol. The highest BCUT2D eigenvalue weighted by Gasteiger charge is 2.36. The first-order valence-corrected chi connectivity index (χ1v) is 12.8. The Hall–Kier alpha value is -4.33. The summed E-state index contributed by atoms with van der Waals surface area (Å²) in [5.74, 6) is 0.0177. The number of anilines is 1. The van der Waals surface area contributed by atoms with E-state index in [-0.39, 0.29) is 30.2 Å². The zero-order valence-electron chi connectivity index (χ0n) is 22.2. The van der Waals surface area contributed by atoms with Gasteiger partial charge in [0.25, 0.3) is 11.1 Å². The largest absolute Gasteiger partial charge is 0.488 e. The maximum absolute atomic E-state index is 14.3. The molecule has 0 spiro atoms. The lowest BCUT2D eigenvalue weighted by atomic mass is 10.0. The second-order valence-corrected chi connectivity index (χ2v) is 9.11. The number of benzene rings is 1. The fourth-order valence-electron chi connectivity index (χ4n) is 3.99. The van der Waals surface area contributed by atoms with E-state index < -0.39 is 28.8 Å². The molecule has 0 bridgehead atoms. The molecule has 0 atom stereocenters. The number of aryl methyl sites for hydroxylation is 1. The number of fused-ring (bicyclic) bond motifs is 1. The molecule has 0 radical (unpaired) electrons. The lowest BCUT2D eigenvalue weighted by Gasteiger charge is -2.07. The smallest absolute Gasteiger partial charge is 0.423 e. The van der Waals surface area contributed by atoms with Gasteiger partial charge in [0.15, 0.2) is 11.6 Å². The molecule has 0 aliphatic heterocycles. The number of alkyl halides is 3. The molecule has 1 saturated carbocycles. The Bertz CT molecular complexity index is 1540. The Morgan fingerprint density at radius 3 is 2.17 bits per heavy atom.